The molecule has 21 heavy (non-hydrogen) atoms. The van der Waals surface area contributed by atoms with Crippen molar-refractivity contribution in [2.24, 2.45) is 0 Å². The smallest absolute Gasteiger partial charge is 0.191 e. The van der Waals surface area contributed by atoms with Gasteiger partial charge in [-0.25, -0.2) is 0 Å². The Bertz CT molecular complexity index is 586. The van der Waals surface area contributed by atoms with Gasteiger partial charge in [0.1, 0.15) is 11.6 Å². The summed E-state index contributed by atoms with van der Waals surface area (Å²) in [6.07, 6.45) is 6.88. The Balaban J connectivity index is 1.51. The van der Waals surface area contributed by atoms with Gasteiger partial charge < -0.3 is 9.15 Å². The van der Waals surface area contributed by atoms with E-state index in [-0.39, 0.29) is 0 Å². The zero-order chi connectivity index (χ0) is 14.1. The monoisotopic (exact) mass is 305 g/mol. The molecule has 6 heteroatoms. The first-order chi connectivity index (χ1) is 10.4. The molecule has 0 aromatic carbocycles. The minimum absolute atomic E-state index is 0.369. The predicted octanol–water partition coefficient (Wildman–Crippen LogP) is 3.07. The molecule has 4 rings (SSSR count). The molecule has 1 saturated heterocycles. The van der Waals surface area contributed by atoms with Crippen molar-refractivity contribution in [3.8, 4) is 0 Å². The Morgan fingerprint density at radius 3 is 2.95 bits per heavy atom. The number of ether oxygens (including phenoxy) is 1. The topological polar surface area (TPSA) is 53.1 Å². The molecule has 5 nitrogen and oxygen atoms in total. The number of furan rings is 1. The highest BCUT2D eigenvalue weighted by atomic mass is 32.2. The standard InChI is InChI=1S/C15H19N3O2S/c1-3-12(19-7-1)9-18-14(11-5-6-11)16-17-15(18)21-10-13-4-2-8-20-13/h1,3,7,11,13H,2,4-6,8-10H2. The first-order valence-corrected chi connectivity index (χ1v) is 8.58. The molecular weight excluding hydrogens is 286 g/mol. The van der Waals surface area contributed by atoms with Gasteiger partial charge in [0.15, 0.2) is 5.16 Å². The van der Waals surface area contributed by atoms with Gasteiger partial charge in [0.2, 0.25) is 0 Å². The normalized spacial score (nSPS) is 22.0. The van der Waals surface area contributed by atoms with Gasteiger partial charge in [0.25, 0.3) is 0 Å². The van der Waals surface area contributed by atoms with Gasteiger partial charge in [0, 0.05) is 18.3 Å². The summed E-state index contributed by atoms with van der Waals surface area (Å²) in [4.78, 5) is 0. The average Bonchev–Trinajstić information content (AvgIpc) is 2.95. The number of hydrogen-bond donors (Lipinski definition) is 0. The zero-order valence-electron chi connectivity index (χ0n) is 11.9. The van der Waals surface area contributed by atoms with Crippen LogP contribution in [0.2, 0.25) is 0 Å². The number of hydrogen-bond acceptors (Lipinski definition) is 5. The van der Waals surface area contributed by atoms with Crippen LogP contribution in [0.3, 0.4) is 0 Å². The summed E-state index contributed by atoms with van der Waals surface area (Å²) < 4.78 is 13.4. The van der Waals surface area contributed by atoms with Crippen LogP contribution in [0.1, 0.15) is 43.2 Å². The van der Waals surface area contributed by atoms with E-state index in [1.165, 1.54) is 19.3 Å². The Hall–Kier alpha value is -1.27. The third-order valence-electron chi connectivity index (χ3n) is 4.00. The number of thioether (sulfide) groups is 1. The number of rotatable bonds is 6. The van der Waals surface area contributed by atoms with Crippen LogP contribution in [0.4, 0.5) is 0 Å². The van der Waals surface area contributed by atoms with Crippen LogP contribution in [0.25, 0.3) is 0 Å². The predicted molar refractivity (Wildman–Crippen MR) is 79.5 cm³/mol. The molecule has 2 fully saturated rings. The van der Waals surface area contributed by atoms with E-state index in [1.807, 2.05) is 12.1 Å². The van der Waals surface area contributed by atoms with E-state index in [4.69, 9.17) is 9.15 Å². The van der Waals surface area contributed by atoms with Crippen LogP contribution in [-0.4, -0.2) is 33.2 Å². The van der Waals surface area contributed by atoms with Gasteiger partial charge in [-0.2, -0.15) is 0 Å². The van der Waals surface area contributed by atoms with E-state index >= 15 is 0 Å². The molecule has 0 amide bonds. The Morgan fingerprint density at radius 1 is 1.29 bits per heavy atom. The third-order valence-corrected chi connectivity index (χ3v) is 5.10. The van der Waals surface area contributed by atoms with Crippen molar-refractivity contribution in [2.45, 2.75) is 49.4 Å². The Morgan fingerprint density at radius 2 is 2.24 bits per heavy atom. The molecular formula is C15H19N3O2S. The van der Waals surface area contributed by atoms with E-state index in [2.05, 4.69) is 14.8 Å². The molecule has 1 unspecified atom stereocenters. The lowest BCUT2D eigenvalue weighted by Gasteiger charge is -2.10. The highest BCUT2D eigenvalue weighted by molar-refractivity contribution is 7.99. The van der Waals surface area contributed by atoms with Gasteiger partial charge in [-0.1, -0.05) is 11.8 Å². The van der Waals surface area contributed by atoms with Crippen LogP contribution in [0.15, 0.2) is 28.0 Å². The van der Waals surface area contributed by atoms with Crippen molar-refractivity contribution in [1.82, 2.24) is 14.8 Å². The molecule has 112 valence electrons. The largest absolute Gasteiger partial charge is 0.467 e. The van der Waals surface area contributed by atoms with Gasteiger partial charge in [-0.05, 0) is 37.8 Å². The maximum Gasteiger partial charge on any atom is 0.191 e. The summed E-state index contributed by atoms with van der Waals surface area (Å²) in [6, 6.07) is 3.93. The molecule has 1 aliphatic carbocycles. The fourth-order valence-corrected chi connectivity index (χ4v) is 3.71. The van der Waals surface area contributed by atoms with Crippen molar-refractivity contribution < 1.29 is 9.15 Å². The van der Waals surface area contributed by atoms with Gasteiger partial charge >= 0.3 is 0 Å². The van der Waals surface area contributed by atoms with Crippen LogP contribution in [-0.2, 0) is 11.3 Å². The number of nitrogens with zero attached hydrogens (tertiary/aromatic N) is 3. The quantitative estimate of drug-likeness (QED) is 0.768. The van der Waals surface area contributed by atoms with Crippen molar-refractivity contribution in [3.05, 3.63) is 30.0 Å². The Kier molecular flexibility index (Phi) is 3.73. The molecule has 0 bridgehead atoms. The van der Waals surface area contributed by atoms with E-state index < -0.39 is 0 Å². The van der Waals surface area contributed by atoms with E-state index in [0.717, 1.165) is 42.1 Å². The SMILES string of the molecule is c1coc(Cn2c(SCC3CCCO3)nnc2C2CC2)c1. The van der Waals surface area contributed by atoms with Gasteiger partial charge in [0.05, 0.1) is 18.9 Å². The minimum Gasteiger partial charge on any atom is -0.467 e. The summed E-state index contributed by atoms with van der Waals surface area (Å²) in [5.41, 5.74) is 0. The molecule has 1 saturated carbocycles. The second kappa shape index (κ2) is 5.85. The highest BCUT2D eigenvalue weighted by Gasteiger charge is 2.31. The van der Waals surface area contributed by atoms with Crippen molar-refractivity contribution in [1.29, 1.82) is 0 Å². The second-order valence-corrected chi connectivity index (χ2v) is 6.71. The zero-order valence-corrected chi connectivity index (χ0v) is 12.7. The number of aromatic nitrogens is 3. The van der Waals surface area contributed by atoms with Crippen LogP contribution >= 0.6 is 11.8 Å². The molecule has 1 atom stereocenters. The van der Waals surface area contributed by atoms with Crippen LogP contribution in [0.5, 0.6) is 0 Å². The summed E-state index contributed by atoms with van der Waals surface area (Å²) in [5.74, 6) is 3.61. The minimum atomic E-state index is 0.369. The summed E-state index contributed by atoms with van der Waals surface area (Å²) in [7, 11) is 0. The third kappa shape index (κ3) is 3.01. The molecule has 1 aliphatic heterocycles. The molecule has 2 aliphatic rings. The van der Waals surface area contributed by atoms with Crippen molar-refractivity contribution >= 4 is 11.8 Å². The summed E-state index contributed by atoms with van der Waals surface area (Å²) >= 11 is 1.75. The van der Waals surface area contributed by atoms with Gasteiger partial charge in [-0.3, -0.25) is 4.57 Å². The lowest BCUT2D eigenvalue weighted by molar-refractivity contribution is 0.129. The summed E-state index contributed by atoms with van der Waals surface area (Å²) in [6.45, 7) is 1.62. The first-order valence-electron chi connectivity index (χ1n) is 7.60. The molecule has 2 aromatic rings. The highest BCUT2D eigenvalue weighted by Crippen LogP contribution is 2.40. The fourth-order valence-electron chi connectivity index (χ4n) is 2.70. The fraction of sp³-hybridized carbons (Fsp3) is 0.600. The molecule has 3 heterocycles. The van der Waals surface area contributed by atoms with Crippen molar-refractivity contribution in [3.63, 3.8) is 0 Å². The molecule has 0 radical (unpaired) electrons. The molecule has 2 aromatic heterocycles. The van der Waals surface area contributed by atoms with Crippen LogP contribution in [0, 0.1) is 0 Å². The lowest BCUT2D eigenvalue weighted by atomic mass is 10.3. The van der Waals surface area contributed by atoms with E-state index in [1.54, 1.807) is 18.0 Å². The van der Waals surface area contributed by atoms with Crippen molar-refractivity contribution in [2.75, 3.05) is 12.4 Å². The van der Waals surface area contributed by atoms with E-state index in [0.29, 0.717) is 12.0 Å². The summed E-state index contributed by atoms with van der Waals surface area (Å²) in [5, 5.41) is 9.80. The maximum absolute atomic E-state index is 5.69. The molecule has 0 N–H and O–H groups in total. The molecule has 0 spiro atoms. The second-order valence-electron chi connectivity index (χ2n) is 5.73. The average molecular weight is 305 g/mol. The lowest BCUT2D eigenvalue weighted by Crippen LogP contribution is -2.10. The van der Waals surface area contributed by atoms with Crippen LogP contribution < -0.4 is 0 Å². The van der Waals surface area contributed by atoms with Gasteiger partial charge in [-0.15, -0.1) is 10.2 Å². The first kappa shape index (κ1) is 13.4. The maximum atomic E-state index is 5.69. The van der Waals surface area contributed by atoms with E-state index in [9.17, 15) is 0 Å². The Labute approximate surface area is 128 Å².